The van der Waals surface area contributed by atoms with Crippen LogP contribution >= 0.6 is 0 Å². The van der Waals surface area contributed by atoms with Gasteiger partial charge in [0.25, 0.3) is 0 Å². The lowest BCUT2D eigenvalue weighted by atomic mass is 9.99. The lowest BCUT2D eigenvalue weighted by molar-refractivity contribution is -0.141. The van der Waals surface area contributed by atoms with Crippen molar-refractivity contribution < 1.29 is 9.59 Å². The Morgan fingerprint density at radius 2 is 1.51 bits per heavy atom. The van der Waals surface area contributed by atoms with Crippen molar-refractivity contribution in [2.24, 2.45) is 0 Å². The molecule has 1 aliphatic rings. The number of hydrogen-bond acceptors (Lipinski definition) is 2. The van der Waals surface area contributed by atoms with Gasteiger partial charge in [-0.1, -0.05) is 97.3 Å². The molecule has 1 fully saturated rings. The van der Waals surface area contributed by atoms with E-state index in [0.717, 1.165) is 53.5 Å². The molecule has 2 amide bonds. The van der Waals surface area contributed by atoms with Crippen LogP contribution in [0.25, 0.3) is 0 Å². The van der Waals surface area contributed by atoms with E-state index in [1.807, 2.05) is 74.5 Å². The molecule has 182 valence electrons. The predicted molar refractivity (Wildman–Crippen MR) is 141 cm³/mol. The molecule has 3 aromatic rings. The average molecular weight is 469 g/mol. The predicted octanol–water partition coefficient (Wildman–Crippen LogP) is 5.54. The monoisotopic (exact) mass is 468 g/mol. The normalized spacial score (nSPS) is 14.5. The van der Waals surface area contributed by atoms with Crippen molar-refractivity contribution >= 4 is 11.8 Å². The van der Waals surface area contributed by atoms with Crippen LogP contribution < -0.4 is 5.32 Å². The van der Waals surface area contributed by atoms with Crippen LogP contribution in [0, 0.1) is 13.8 Å². The molecule has 0 saturated heterocycles. The summed E-state index contributed by atoms with van der Waals surface area (Å²) in [6.07, 6.45) is 5.09. The van der Waals surface area contributed by atoms with Gasteiger partial charge in [-0.25, -0.2) is 0 Å². The Morgan fingerprint density at radius 1 is 0.886 bits per heavy atom. The van der Waals surface area contributed by atoms with E-state index in [1.54, 1.807) is 4.90 Å². The molecule has 1 saturated carbocycles. The highest BCUT2D eigenvalue weighted by Crippen LogP contribution is 2.21. The number of nitrogens with one attached hydrogen (secondary N) is 1. The minimum absolute atomic E-state index is 0.0231. The summed E-state index contributed by atoms with van der Waals surface area (Å²) in [5, 5.41) is 3.27. The van der Waals surface area contributed by atoms with Gasteiger partial charge in [0.05, 0.1) is 6.42 Å². The third-order valence-electron chi connectivity index (χ3n) is 7.01. The van der Waals surface area contributed by atoms with Crippen LogP contribution in [-0.2, 0) is 29.0 Å². The van der Waals surface area contributed by atoms with Crippen LogP contribution in [0.5, 0.6) is 0 Å². The molecule has 3 aromatic carbocycles. The van der Waals surface area contributed by atoms with Crippen LogP contribution in [0.3, 0.4) is 0 Å². The van der Waals surface area contributed by atoms with Gasteiger partial charge in [0.1, 0.15) is 6.04 Å². The van der Waals surface area contributed by atoms with E-state index in [0.29, 0.717) is 13.0 Å². The molecule has 0 spiro atoms. The molecule has 0 bridgehead atoms. The van der Waals surface area contributed by atoms with Crippen LogP contribution in [0.2, 0.25) is 0 Å². The van der Waals surface area contributed by atoms with Gasteiger partial charge in [0.2, 0.25) is 11.8 Å². The van der Waals surface area contributed by atoms with E-state index in [-0.39, 0.29) is 24.3 Å². The van der Waals surface area contributed by atoms with Gasteiger partial charge in [-0.05, 0) is 48.9 Å². The van der Waals surface area contributed by atoms with E-state index in [1.165, 1.54) is 0 Å². The van der Waals surface area contributed by atoms with Crippen molar-refractivity contribution in [2.75, 3.05) is 0 Å². The zero-order valence-corrected chi connectivity index (χ0v) is 20.9. The fraction of sp³-hybridized carbons (Fsp3) is 0.355. The Hall–Kier alpha value is -3.40. The van der Waals surface area contributed by atoms with Gasteiger partial charge < -0.3 is 10.2 Å². The molecule has 1 N–H and O–H groups in total. The maximum Gasteiger partial charge on any atom is 0.243 e. The molecule has 0 aromatic heterocycles. The summed E-state index contributed by atoms with van der Waals surface area (Å²) in [6, 6.07) is 25.8. The first-order valence-electron chi connectivity index (χ1n) is 12.7. The minimum Gasteiger partial charge on any atom is -0.352 e. The van der Waals surface area contributed by atoms with E-state index in [2.05, 4.69) is 23.5 Å². The maximum absolute atomic E-state index is 13.9. The van der Waals surface area contributed by atoms with Gasteiger partial charge in [0, 0.05) is 19.0 Å². The standard InChI is InChI=1S/C31H36N2O2/c1-23-17-18-24(2)27(19-23)21-30(34)33(22-26-13-7-4-8-14-26)29(20-25-11-5-3-6-12-25)31(35)32-28-15-9-10-16-28/h3-8,11-14,17-19,28-29H,9-10,15-16,20-22H2,1-2H3,(H,32,35)/t29-/m0/s1. The van der Waals surface area contributed by atoms with Gasteiger partial charge >= 0.3 is 0 Å². The van der Waals surface area contributed by atoms with Crippen molar-refractivity contribution in [3.8, 4) is 0 Å². The first-order chi connectivity index (χ1) is 17.0. The number of hydrogen-bond donors (Lipinski definition) is 1. The fourth-order valence-corrected chi connectivity index (χ4v) is 4.96. The van der Waals surface area contributed by atoms with Crippen LogP contribution in [-0.4, -0.2) is 28.8 Å². The van der Waals surface area contributed by atoms with Crippen molar-refractivity contribution in [1.82, 2.24) is 10.2 Å². The zero-order chi connectivity index (χ0) is 24.6. The summed E-state index contributed by atoms with van der Waals surface area (Å²) in [5.41, 5.74) is 5.32. The zero-order valence-electron chi connectivity index (χ0n) is 20.9. The summed E-state index contributed by atoms with van der Waals surface area (Å²) in [5.74, 6) is -0.0731. The lowest BCUT2D eigenvalue weighted by Crippen LogP contribution is -2.52. The SMILES string of the molecule is Cc1ccc(C)c(CC(=O)N(Cc2ccccc2)[C@@H](Cc2ccccc2)C(=O)NC2CCCC2)c1. The molecule has 0 aliphatic heterocycles. The second kappa shape index (κ2) is 11.8. The third kappa shape index (κ3) is 6.82. The van der Waals surface area contributed by atoms with E-state index < -0.39 is 6.04 Å². The van der Waals surface area contributed by atoms with Crippen molar-refractivity contribution in [3.63, 3.8) is 0 Å². The van der Waals surface area contributed by atoms with Crippen LogP contribution in [0.1, 0.15) is 53.5 Å². The smallest absolute Gasteiger partial charge is 0.243 e. The highest BCUT2D eigenvalue weighted by atomic mass is 16.2. The average Bonchev–Trinajstić information content (AvgIpc) is 3.38. The second-order valence-corrected chi connectivity index (χ2v) is 9.81. The number of rotatable bonds is 9. The highest BCUT2D eigenvalue weighted by Gasteiger charge is 2.32. The number of amides is 2. The molecule has 35 heavy (non-hydrogen) atoms. The summed E-state index contributed by atoms with van der Waals surface area (Å²) in [7, 11) is 0. The highest BCUT2D eigenvalue weighted by molar-refractivity contribution is 5.89. The lowest BCUT2D eigenvalue weighted by Gasteiger charge is -2.32. The fourth-order valence-electron chi connectivity index (χ4n) is 4.96. The summed E-state index contributed by atoms with van der Waals surface area (Å²) < 4.78 is 0. The van der Waals surface area contributed by atoms with E-state index in [4.69, 9.17) is 0 Å². The molecular formula is C31H36N2O2. The molecule has 0 heterocycles. The number of carbonyl (C=O) groups is 2. The van der Waals surface area contributed by atoms with Crippen LogP contribution in [0.15, 0.2) is 78.9 Å². The first kappa shape index (κ1) is 24.7. The molecule has 4 nitrogen and oxygen atoms in total. The number of benzene rings is 3. The second-order valence-electron chi connectivity index (χ2n) is 9.81. The minimum atomic E-state index is -0.573. The molecule has 0 unspecified atom stereocenters. The van der Waals surface area contributed by atoms with Crippen LogP contribution in [0.4, 0.5) is 0 Å². The largest absolute Gasteiger partial charge is 0.352 e. The molecule has 0 radical (unpaired) electrons. The Labute approximate surface area is 209 Å². The quantitative estimate of drug-likeness (QED) is 0.448. The molecule has 1 aliphatic carbocycles. The Balaban J connectivity index is 1.66. The molecule has 1 atom stereocenters. The molecular weight excluding hydrogens is 432 g/mol. The Bertz CT molecular complexity index is 1120. The van der Waals surface area contributed by atoms with Gasteiger partial charge in [-0.15, -0.1) is 0 Å². The van der Waals surface area contributed by atoms with Crippen molar-refractivity contribution in [1.29, 1.82) is 0 Å². The number of nitrogens with zero attached hydrogens (tertiary/aromatic N) is 1. The topological polar surface area (TPSA) is 49.4 Å². The molecule has 4 heteroatoms. The van der Waals surface area contributed by atoms with Crippen molar-refractivity contribution in [3.05, 3.63) is 107 Å². The summed E-state index contributed by atoms with van der Waals surface area (Å²) in [6.45, 7) is 4.49. The van der Waals surface area contributed by atoms with Gasteiger partial charge in [-0.3, -0.25) is 9.59 Å². The van der Waals surface area contributed by atoms with Crippen molar-refractivity contribution in [2.45, 2.75) is 71.0 Å². The Kier molecular flexibility index (Phi) is 8.36. The number of carbonyl (C=O) groups excluding carboxylic acids is 2. The maximum atomic E-state index is 13.9. The van der Waals surface area contributed by atoms with Gasteiger partial charge in [0.15, 0.2) is 0 Å². The Morgan fingerprint density at radius 3 is 2.17 bits per heavy atom. The third-order valence-corrected chi connectivity index (χ3v) is 7.01. The summed E-state index contributed by atoms with van der Waals surface area (Å²) >= 11 is 0. The van der Waals surface area contributed by atoms with E-state index >= 15 is 0 Å². The van der Waals surface area contributed by atoms with Gasteiger partial charge in [-0.2, -0.15) is 0 Å². The van der Waals surface area contributed by atoms with E-state index in [9.17, 15) is 9.59 Å². The first-order valence-corrected chi connectivity index (χ1v) is 12.7. The number of aryl methyl sites for hydroxylation is 2. The molecule has 4 rings (SSSR count). The summed E-state index contributed by atoms with van der Waals surface area (Å²) in [4.78, 5) is 29.4.